The Morgan fingerprint density at radius 2 is 2.14 bits per heavy atom. The van der Waals surface area contributed by atoms with Crippen molar-refractivity contribution in [3.8, 4) is 11.8 Å². The van der Waals surface area contributed by atoms with Gasteiger partial charge in [-0.15, -0.1) is 0 Å². The van der Waals surface area contributed by atoms with E-state index in [2.05, 4.69) is 30.9 Å². The lowest BCUT2D eigenvalue weighted by atomic mass is 10.1. The van der Waals surface area contributed by atoms with Crippen LogP contribution in [-0.2, 0) is 5.75 Å². The molecule has 0 heterocycles. The second-order valence-electron chi connectivity index (χ2n) is 2.80. The van der Waals surface area contributed by atoms with Crippen LogP contribution in [0.4, 0.5) is 0 Å². The standard InChI is InChI=1S/C12H15NS/c1-2-14-10-12-7-4-3-6-11(12)8-5-9-13/h3-4,6-7H,2,9-10,13H2,1H3. The zero-order valence-corrected chi connectivity index (χ0v) is 9.23. The summed E-state index contributed by atoms with van der Waals surface area (Å²) < 4.78 is 0. The van der Waals surface area contributed by atoms with Crippen molar-refractivity contribution in [1.82, 2.24) is 0 Å². The molecule has 0 aromatic heterocycles. The lowest BCUT2D eigenvalue weighted by Crippen LogP contribution is -1.94. The monoisotopic (exact) mass is 205 g/mol. The lowest BCUT2D eigenvalue weighted by molar-refractivity contribution is 1.30. The van der Waals surface area contributed by atoms with Gasteiger partial charge in [-0.2, -0.15) is 11.8 Å². The molecule has 0 unspecified atom stereocenters. The molecule has 1 aromatic rings. The Bertz CT molecular complexity index is 336. The summed E-state index contributed by atoms with van der Waals surface area (Å²) in [6.07, 6.45) is 0. The molecular formula is C12H15NS. The SMILES string of the molecule is CCSCc1ccccc1C#CCN. The molecule has 1 aromatic carbocycles. The average molecular weight is 205 g/mol. The van der Waals surface area contributed by atoms with Gasteiger partial charge in [0.1, 0.15) is 0 Å². The van der Waals surface area contributed by atoms with E-state index in [9.17, 15) is 0 Å². The molecule has 2 heteroatoms. The molecule has 14 heavy (non-hydrogen) atoms. The Morgan fingerprint density at radius 1 is 1.36 bits per heavy atom. The minimum atomic E-state index is 0.426. The van der Waals surface area contributed by atoms with Gasteiger partial charge in [-0.1, -0.05) is 37.0 Å². The molecule has 0 aliphatic rings. The molecule has 0 bridgehead atoms. The molecule has 0 saturated heterocycles. The van der Waals surface area contributed by atoms with E-state index in [-0.39, 0.29) is 0 Å². The number of rotatable bonds is 3. The third-order valence-electron chi connectivity index (χ3n) is 1.80. The largest absolute Gasteiger partial charge is 0.320 e. The van der Waals surface area contributed by atoms with Crippen LogP contribution in [0.1, 0.15) is 18.1 Å². The number of nitrogens with two attached hydrogens (primary N) is 1. The maximum atomic E-state index is 5.35. The molecule has 0 aliphatic heterocycles. The third-order valence-corrected chi connectivity index (χ3v) is 2.73. The molecule has 0 aliphatic carbocycles. The molecule has 2 N–H and O–H groups in total. The van der Waals surface area contributed by atoms with Gasteiger partial charge in [0.25, 0.3) is 0 Å². The minimum absolute atomic E-state index is 0.426. The molecule has 0 amide bonds. The Labute approximate surface area is 90.1 Å². The van der Waals surface area contributed by atoms with E-state index >= 15 is 0 Å². The van der Waals surface area contributed by atoms with Gasteiger partial charge in [-0.05, 0) is 17.4 Å². The van der Waals surface area contributed by atoms with Crippen LogP contribution in [0.5, 0.6) is 0 Å². The minimum Gasteiger partial charge on any atom is -0.320 e. The van der Waals surface area contributed by atoms with Crippen molar-refractivity contribution in [2.75, 3.05) is 12.3 Å². The first-order chi connectivity index (χ1) is 6.88. The van der Waals surface area contributed by atoms with E-state index < -0.39 is 0 Å². The van der Waals surface area contributed by atoms with Crippen LogP contribution in [0.3, 0.4) is 0 Å². The Balaban J connectivity index is 2.80. The third kappa shape index (κ3) is 3.45. The molecule has 0 radical (unpaired) electrons. The van der Waals surface area contributed by atoms with E-state index in [1.807, 2.05) is 23.9 Å². The van der Waals surface area contributed by atoms with Crippen molar-refractivity contribution < 1.29 is 0 Å². The number of hydrogen-bond donors (Lipinski definition) is 1. The summed E-state index contributed by atoms with van der Waals surface area (Å²) in [7, 11) is 0. The number of benzene rings is 1. The van der Waals surface area contributed by atoms with Crippen molar-refractivity contribution in [2.45, 2.75) is 12.7 Å². The first-order valence-corrected chi connectivity index (χ1v) is 5.88. The van der Waals surface area contributed by atoms with E-state index in [1.165, 1.54) is 5.56 Å². The van der Waals surface area contributed by atoms with Gasteiger partial charge >= 0.3 is 0 Å². The van der Waals surface area contributed by atoms with Crippen molar-refractivity contribution in [3.63, 3.8) is 0 Å². The summed E-state index contributed by atoms with van der Waals surface area (Å²) in [5, 5.41) is 0. The molecule has 1 nitrogen and oxygen atoms in total. The van der Waals surface area contributed by atoms with Crippen LogP contribution in [0.25, 0.3) is 0 Å². The summed E-state index contributed by atoms with van der Waals surface area (Å²) in [5.41, 5.74) is 7.76. The van der Waals surface area contributed by atoms with Crippen molar-refractivity contribution in [3.05, 3.63) is 35.4 Å². The zero-order valence-electron chi connectivity index (χ0n) is 8.42. The predicted octanol–water partition coefficient (Wildman–Crippen LogP) is 2.25. The number of hydrogen-bond acceptors (Lipinski definition) is 2. The second kappa shape index (κ2) is 6.53. The molecule has 1 rings (SSSR count). The summed E-state index contributed by atoms with van der Waals surface area (Å²) in [4.78, 5) is 0. The highest BCUT2D eigenvalue weighted by Gasteiger charge is 1.97. The van der Waals surface area contributed by atoms with Gasteiger partial charge in [0, 0.05) is 11.3 Å². The molecule has 0 fully saturated rings. The van der Waals surface area contributed by atoms with Crippen LogP contribution in [0.2, 0.25) is 0 Å². The van der Waals surface area contributed by atoms with Gasteiger partial charge in [0.2, 0.25) is 0 Å². The fourth-order valence-electron chi connectivity index (χ4n) is 1.13. The molecular weight excluding hydrogens is 190 g/mol. The van der Waals surface area contributed by atoms with E-state index in [4.69, 9.17) is 5.73 Å². The van der Waals surface area contributed by atoms with Crippen LogP contribution >= 0.6 is 11.8 Å². The maximum Gasteiger partial charge on any atom is 0.0555 e. The Morgan fingerprint density at radius 3 is 2.86 bits per heavy atom. The summed E-state index contributed by atoms with van der Waals surface area (Å²) in [6, 6.07) is 8.25. The molecule has 74 valence electrons. The average Bonchev–Trinajstić information content (AvgIpc) is 2.24. The fraction of sp³-hybridized carbons (Fsp3) is 0.333. The molecule has 0 spiro atoms. The van der Waals surface area contributed by atoms with Gasteiger partial charge < -0.3 is 5.73 Å². The van der Waals surface area contributed by atoms with Crippen molar-refractivity contribution in [2.24, 2.45) is 5.73 Å². The maximum absolute atomic E-state index is 5.35. The zero-order chi connectivity index (χ0) is 10.2. The topological polar surface area (TPSA) is 26.0 Å². The van der Waals surface area contributed by atoms with Crippen molar-refractivity contribution >= 4 is 11.8 Å². The van der Waals surface area contributed by atoms with Gasteiger partial charge in [0.15, 0.2) is 0 Å². The molecule has 0 atom stereocenters. The highest BCUT2D eigenvalue weighted by molar-refractivity contribution is 7.98. The normalized spacial score (nSPS) is 9.29. The highest BCUT2D eigenvalue weighted by atomic mass is 32.2. The van der Waals surface area contributed by atoms with Crippen molar-refractivity contribution in [1.29, 1.82) is 0 Å². The number of thioether (sulfide) groups is 1. The van der Waals surface area contributed by atoms with Gasteiger partial charge in [-0.25, -0.2) is 0 Å². The summed E-state index contributed by atoms with van der Waals surface area (Å²) in [6.45, 7) is 2.59. The fourth-order valence-corrected chi connectivity index (χ4v) is 1.80. The quantitative estimate of drug-likeness (QED) is 0.766. The van der Waals surface area contributed by atoms with E-state index in [0.717, 1.165) is 17.1 Å². The van der Waals surface area contributed by atoms with Crippen LogP contribution in [-0.4, -0.2) is 12.3 Å². The predicted molar refractivity (Wildman–Crippen MR) is 64.2 cm³/mol. The Hall–Kier alpha value is -0.910. The Kier molecular flexibility index (Phi) is 5.21. The lowest BCUT2D eigenvalue weighted by Gasteiger charge is -2.02. The van der Waals surface area contributed by atoms with Gasteiger partial charge in [0.05, 0.1) is 6.54 Å². The van der Waals surface area contributed by atoms with Crippen LogP contribution in [0, 0.1) is 11.8 Å². The first kappa shape index (κ1) is 11.2. The first-order valence-electron chi connectivity index (χ1n) is 4.73. The summed E-state index contributed by atoms with van der Waals surface area (Å²) in [5.74, 6) is 8.15. The summed E-state index contributed by atoms with van der Waals surface area (Å²) >= 11 is 1.91. The van der Waals surface area contributed by atoms with E-state index in [1.54, 1.807) is 0 Å². The second-order valence-corrected chi connectivity index (χ2v) is 4.07. The molecule has 0 saturated carbocycles. The van der Waals surface area contributed by atoms with Crippen LogP contribution < -0.4 is 5.73 Å². The van der Waals surface area contributed by atoms with Gasteiger partial charge in [-0.3, -0.25) is 0 Å². The smallest absolute Gasteiger partial charge is 0.0555 e. The van der Waals surface area contributed by atoms with Crippen LogP contribution in [0.15, 0.2) is 24.3 Å². The highest BCUT2D eigenvalue weighted by Crippen LogP contribution is 2.15. The van der Waals surface area contributed by atoms with E-state index in [0.29, 0.717) is 6.54 Å².